The Bertz CT molecular complexity index is 489. The van der Waals surface area contributed by atoms with Crippen LogP contribution >= 0.6 is 22.9 Å². The van der Waals surface area contributed by atoms with Crippen LogP contribution in [0.1, 0.15) is 41.8 Å². The van der Waals surface area contributed by atoms with Gasteiger partial charge in [0.2, 0.25) is 0 Å². The molecule has 2 rings (SSSR count). The first-order valence-electron chi connectivity index (χ1n) is 6.80. The SMILES string of the molecule is O=C(O)CCC1CCCN1CCC(=O)c1ccc(Cl)s1. The molecule has 1 atom stereocenters. The summed E-state index contributed by atoms with van der Waals surface area (Å²) in [5.74, 6) is -0.632. The van der Waals surface area contributed by atoms with Crippen LogP contribution in [0.4, 0.5) is 0 Å². The van der Waals surface area contributed by atoms with E-state index in [0.717, 1.165) is 19.4 Å². The number of thiophene rings is 1. The molecule has 20 heavy (non-hydrogen) atoms. The standard InChI is InChI=1S/C14H18ClNO3S/c15-13-5-4-12(20-13)11(17)7-9-16-8-1-2-10(16)3-6-14(18)19/h4-5,10H,1-3,6-9H2,(H,18,19). The van der Waals surface area contributed by atoms with Gasteiger partial charge in [-0.05, 0) is 37.9 Å². The quantitative estimate of drug-likeness (QED) is 0.784. The number of aliphatic carboxylic acids is 1. The summed E-state index contributed by atoms with van der Waals surface area (Å²) in [4.78, 5) is 25.6. The van der Waals surface area contributed by atoms with Crippen molar-refractivity contribution in [3.63, 3.8) is 0 Å². The average molecular weight is 316 g/mol. The highest BCUT2D eigenvalue weighted by Crippen LogP contribution is 2.24. The number of likely N-dealkylation sites (tertiary alicyclic amines) is 1. The Labute approximate surface area is 127 Å². The zero-order valence-corrected chi connectivity index (χ0v) is 12.8. The Balaban J connectivity index is 1.80. The summed E-state index contributed by atoms with van der Waals surface area (Å²) in [6, 6.07) is 3.82. The van der Waals surface area contributed by atoms with Crippen LogP contribution in [-0.4, -0.2) is 40.9 Å². The van der Waals surface area contributed by atoms with Crippen LogP contribution in [0.25, 0.3) is 0 Å². The van der Waals surface area contributed by atoms with Crippen molar-refractivity contribution in [3.8, 4) is 0 Å². The smallest absolute Gasteiger partial charge is 0.303 e. The van der Waals surface area contributed by atoms with E-state index >= 15 is 0 Å². The van der Waals surface area contributed by atoms with Gasteiger partial charge in [0.1, 0.15) is 0 Å². The molecule has 0 aromatic carbocycles. The zero-order valence-electron chi connectivity index (χ0n) is 11.2. The van der Waals surface area contributed by atoms with Gasteiger partial charge < -0.3 is 5.11 Å². The van der Waals surface area contributed by atoms with E-state index in [-0.39, 0.29) is 12.2 Å². The third-order valence-corrected chi connectivity index (χ3v) is 4.94. The van der Waals surface area contributed by atoms with Gasteiger partial charge in [0.05, 0.1) is 9.21 Å². The number of nitrogens with zero attached hydrogens (tertiary/aromatic N) is 1. The van der Waals surface area contributed by atoms with Crippen LogP contribution in [0.5, 0.6) is 0 Å². The lowest BCUT2D eigenvalue weighted by Gasteiger charge is -2.23. The summed E-state index contributed by atoms with van der Waals surface area (Å²) in [7, 11) is 0. The largest absolute Gasteiger partial charge is 0.481 e. The average Bonchev–Trinajstić information content (AvgIpc) is 3.02. The molecule has 6 heteroatoms. The molecule has 4 nitrogen and oxygen atoms in total. The molecular weight excluding hydrogens is 298 g/mol. The van der Waals surface area contributed by atoms with Crippen LogP contribution in [0, 0.1) is 0 Å². The van der Waals surface area contributed by atoms with Crippen molar-refractivity contribution < 1.29 is 14.7 Å². The Kier molecular flexibility index (Phi) is 5.57. The fourth-order valence-corrected chi connectivity index (χ4v) is 3.65. The maximum Gasteiger partial charge on any atom is 0.303 e. The first kappa shape index (κ1) is 15.5. The number of carbonyl (C=O) groups excluding carboxylic acids is 1. The summed E-state index contributed by atoms with van der Waals surface area (Å²) in [5, 5.41) is 8.75. The number of Topliss-reactive ketones (excluding diaryl/α,β-unsaturated/α-hetero) is 1. The molecule has 1 fully saturated rings. The Morgan fingerprint density at radius 2 is 2.20 bits per heavy atom. The summed E-state index contributed by atoms with van der Waals surface area (Å²) in [6.07, 6.45) is 3.47. The van der Waals surface area contributed by atoms with Gasteiger partial charge in [-0.15, -0.1) is 11.3 Å². The lowest BCUT2D eigenvalue weighted by Crippen LogP contribution is -2.31. The molecule has 0 bridgehead atoms. The molecule has 1 aliphatic heterocycles. The normalized spacial score (nSPS) is 19.4. The second-order valence-electron chi connectivity index (χ2n) is 5.04. The summed E-state index contributed by atoms with van der Waals surface area (Å²) >= 11 is 7.14. The molecule has 0 radical (unpaired) electrons. The molecule has 0 amide bonds. The van der Waals surface area contributed by atoms with Crippen molar-refractivity contribution in [2.75, 3.05) is 13.1 Å². The molecular formula is C14H18ClNO3S. The van der Waals surface area contributed by atoms with Crippen molar-refractivity contribution in [1.29, 1.82) is 0 Å². The zero-order chi connectivity index (χ0) is 14.5. The van der Waals surface area contributed by atoms with Crippen LogP contribution in [-0.2, 0) is 4.79 Å². The molecule has 1 unspecified atom stereocenters. The van der Waals surface area contributed by atoms with E-state index in [1.165, 1.54) is 11.3 Å². The molecule has 1 aromatic rings. The van der Waals surface area contributed by atoms with Crippen molar-refractivity contribution >= 4 is 34.7 Å². The predicted octanol–water partition coefficient (Wildman–Crippen LogP) is 3.30. The third-order valence-electron chi connectivity index (χ3n) is 3.66. The molecule has 1 aliphatic rings. The topological polar surface area (TPSA) is 57.6 Å². The molecule has 0 aliphatic carbocycles. The van der Waals surface area contributed by atoms with Gasteiger partial charge in [0.25, 0.3) is 0 Å². The number of ketones is 1. The summed E-state index contributed by atoms with van der Waals surface area (Å²) < 4.78 is 0.633. The van der Waals surface area contributed by atoms with Crippen molar-refractivity contribution in [2.45, 2.75) is 38.1 Å². The molecule has 1 N–H and O–H groups in total. The summed E-state index contributed by atoms with van der Waals surface area (Å²) in [6.45, 7) is 1.67. The number of hydrogen-bond acceptors (Lipinski definition) is 4. The fourth-order valence-electron chi connectivity index (χ4n) is 2.64. The highest BCUT2D eigenvalue weighted by Gasteiger charge is 2.25. The second-order valence-corrected chi connectivity index (χ2v) is 6.76. The van der Waals surface area contributed by atoms with Gasteiger partial charge in [0, 0.05) is 25.4 Å². The van der Waals surface area contributed by atoms with Crippen LogP contribution in [0.3, 0.4) is 0 Å². The highest BCUT2D eigenvalue weighted by molar-refractivity contribution is 7.18. The molecule has 0 spiro atoms. The second kappa shape index (κ2) is 7.20. The van der Waals surface area contributed by atoms with Crippen molar-refractivity contribution in [1.82, 2.24) is 4.90 Å². The van der Waals surface area contributed by atoms with E-state index in [1.54, 1.807) is 12.1 Å². The minimum absolute atomic E-state index is 0.116. The number of carbonyl (C=O) groups is 2. The van der Waals surface area contributed by atoms with E-state index < -0.39 is 5.97 Å². The van der Waals surface area contributed by atoms with Gasteiger partial charge in [0.15, 0.2) is 5.78 Å². The number of carboxylic acid groups (broad SMARTS) is 1. The Morgan fingerprint density at radius 1 is 1.40 bits per heavy atom. The number of halogens is 1. The first-order valence-corrected chi connectivity index (χ1v) is 8.00. The monoisotopic (exact) mass is 315 g/mol. The van der Waals surface area contributed by atoms with E-state index in [4.69, 9.17) is 16.7 Å². The fraction of sp³-hybridized carbons (Fsp3) is 0.571. The molecule has 0 saturated carbocycles. The van der Waals surface area contributed by atoms with Gasteiger partial charge in [-0.1, -0.05) is 11.6 Å². The first-order chi connectivity index (χ1) is 9.56. The van der Waals surface area contributed by atoms with Crippen LogP contribution in [0.2, 0.25) is 4.34 Å². The van der Waals surface area contributed by atoms with Crippen molar-refractivity contribution in [2.24, 2.45) is 0 Å². The van der Waals surface area contributed by atoms with Gasteiger partial charge in [-0.25, -0.2) is 0 Å². The minimum atomic E-state index is -0.749. The van der Waals surface area contributed by atoms with E-state index in [1.807, 2.05) is 0 Å². The van der Waals surface area contributed by atoms with E-state index in [0.29, 0.717) is 34.6 Å². The maximum atomic E-state index is 12.0. The van der Waals surface area contributed by atoms with Crippen LogP contribution in [0.15, 0.2) is 12.1 Å². The van der Waals surface area contributed by atoms with Crippen LogP contribution < -0.4 is 0 Å². The molecule has 1 aromatic heterocycles. The van der Waals surface area contributed by atoms with Crippen molar-refractivity contribution in [3.05, 3.63) is 21.3 Å². The number of rotatable bonds is 7. The number of hydrogen-bond donors (Lipinski definition) is 1. The highest BCUT2D eigenvalue weighted by atomic mass is 35.5. The third kappa shape index (κ3) is 4.30. The lowest BCUT2D eigenvalue weighted by atomic mass is 10.1. The van der Waals surface area contributed by atoms with Gasteiger partial charge >= 0.3 is 5.97 Å². The lowest BCUT2D eigenvalue weighted by molar-refractivity contribution is -0.137. The van der Waals surface area contributed by atoms with Gasteiger partial charge in [-0.3, -0.25) is 14.5 Å². The van der Waals surface area contributed by atoms with Gasteiger partial charge in [-0.2, -0.15) is 0 Å². The minimum Gasteiger partial charge on any atom is -0.481 e. The van der Waals surface area contributed by atoms with E-state index in [2.05, 4.69) is 4.90 Å². The Hall–Kier alpha value is -0.910. The summed E-state index contributed by atoms with van der Waals surface area (Å²) in [5.41, 5.74) is 0. The molecule has 1 saturated heterocycles. The number of carboxylic acids is 1. The predicted molar refractivity (Wildman–Crippen MR) is 79.7 cm³/mol. The van der Waals surface area contributed by atoms with E-state index in [9.17, 15) is 9.59 Å². The Morgan fingerprint density at radius 3 is 2.85 bits per heavy atom. The maximum absolute atomic E-state index is 12.0. The molecule has 110 valence electrons. The molecule has 2 heterocycles.